The molecule has 8 heteroatoms. The summed E-state index contributed by atoms with van der Waals surface area (Å²) >= 11 is 2.83. The van der Waals surface area contributed by atoms with Gasteiger partial charge in [-0.2, -0.15) is 5.26 Å². The first-order chi connectivity index (χ1) is 14.2. The summed E-state index contributed by atoms with van der Waals surface area (Å²) in [6, 6.07) is 2.18. The van der Waals surface area contributed by atoms with Gasteiger partial charge in [0.05, 0.1) is 17.2 Å². The van der Waals surface area contributed by atoms with Gasteiger partial charge in [-0.15, -0.1) is 17.9 Å². The number of aromatic nitrogens is 2. The van der Waals surface area contributed by atoms with Crippen molar-refractivity contribution in [3.05, 3.63) is 33.4 Å². The summed E-state index contributed by atoms with van der Waals surface area (Å²) in [6.45, 7) is 11.9. The number of nitrogens with zero attached hydrogens (tertiary/aromatic N) is 3. The summed E-state index contributed by atoms with van der Waals surface area (Å²) in [5.74, 6) is 0.427. The fourth-order valence-corrected chi connectivity index (χ4v) is 5.79. The highest BCUT2D eigenvalue weighted by Crippen LogP contribution is 2.36. The highest BCUT2D eigenvalue weighted by Gasteiger charge is 2.30. The SMILES string of the molecule is C=CCn1c(SCC(=O)N[C@](C)(C#N)C(C)C)nc2sc3c(c2c1=O)CC[C@H](C)C3. The van der Waals surface area contributed by atoms with Crippen molar-refractivity contribution in [3.63, 3.8) is 0 Å². The predicted octanol–water partition coefficient (Wildman–Crippen LogP) is 3.92. The molecular formula is C22H28N4O2S2. The predicted molar refractivity (Wildman–Crippen MR) is 123 cm³/mol. The van der Waals surface area contributed by atoms with Gasteiger partial charge in [-0.05, 0) is 43.6 Å². The van der Waals surface area contributed by atoms with Crippen molar-refractivity contribution in [1.82, 2.24) is 14.9 Å². The number of thiophene rings is 1. The zero-order valence-corrected chi connectivity index (χ0v) is 19.6. The summed E-state index contributed by atoms with van der Waals surface area (Å²) in [5.41, 5.74) is 0.164. The third-order valence-electron chi connectivity index (χ3n) is 5.81. The van der Waals surface area contributed by atoms with Crippen molar-refractivity contribution in [2.45, 2.75) is 64.2 Å². The van der Waals surface area contributed by atoms with Crippen LogP contribution in [0.3, 0.4) is 0 Å². The molecular weight excluding hydrogens is 416 g/mol. The van der Waals surface area contributed by atoms with Crippen molar-refractivity contribution in [2.24, 2.45) is 11.8 Å². The first kappa shape index (κ1) is 22.6. The number of amides is 1. The zero-order valence-electron chi connectivity index (χ0n) is 17.9. The zero-order chi connectivity index (χ0) is 22.1. The second kappa shape index (κ2) is 8.94. The monoisotopic (exact) mass is 444 g/mol. The van der Waals surface area contributed by atoms with Gasteiger partial charge >= 0.3 is 0 Å². The normalized spacial score (nSPS) is 17.9. The molecule has 6 nitrogen and oxygen atoms in total. The largest absolute Gasteiger partial charge is 0.337 e. The quantitative estimate of drug-likeness (QED) is 0.397. The number of carbonyl (C=O) groups excluding carboxylic acids is 1. The third-order valence-corrected chi connectivity index (χ3v) is 7.93. The summed E-state index contributed by atoms with van der Waals surface area (Å²) < 4.78 is 1.60. The number of carbonyl (C=O) groups is 1. The van der Waals surface area contributed by atoms with E-state index >= 15 is 0 Å². The fraction of sp³-hybridized carbons (Fsp3) is 0.545. The van der Waals surface area contributed by atoms with Crippen LogP contribution in [0.1, 0.15) is 44.6 Å². The Kier molecular flexibility index (Phi) is 6.73. The van der Waals surface area contributed by atoms with E-state index in [0.717, 1.165) is 35.0 Å². The van der Waals surface area contributed by atoms with E-state index in [1.807, 2.05) is 13.8 Å². The molecule has 1 amide bonds. The molecule has 2 atom stereocenters. The van der Waals surface area contributed by atoms with E-state index in [2.05, 4.69) is 24.9 Å². The van der Waals surface area contributed by atoms with E-state index in [-0.39, 0.29) is 23.1 Å². The Morgan fingerprint density at radius 1 is 1.57 bits per heavy atom. The van der Waals surface area contributed by atoms with Crippen LogP contribution in [0.25, 0.3) is 10.2 Å². The number of thioether (sulfide) groups is 1. The van der Waals surface area contributed by atoms with E-state index < -0.39 is 5.54 Å². The third kappa shape index (κ3) is 4.33. The molecule has 0 radical (unpaired) electrons. The summed E-state index contributed by atoms with van der Waals surface area (Å²) in [6.07, 6.45) is 4.66. The smallest absolute Gasteiger partial charge is 0.263 e. The molecule has 0 aromatic carbocycles. The topological polar surface area (TPSA) is 87.8 Å². The lowest BCUT2D eigenvalue weighted by atomic mass is 9.89. The van der Waals surface area contributed by atoms with Crippen LogP contribution in [0.2, 0.25) is 0 Å². The lowest BCUT2D eigenvalue weighted by Gasteiger charge is -2.27. The Balaban J connectivity index is 1.91. The van der Waals surface area contributed by atoms with E-state index in [9.17, 15) is 14.9 Å². The van der Waals surface area contributed by atoms with E-state index in [4.69, 9.17) is 4.98 Å². The summed E-state index contributed by atoms with van der Waals surface area (Å²) in [4.78, 5) is 32.6. The number of nitrogens with one attached hydrogen (secondary N) is 1. The second-order valence-corrected chi connectivity index (χ2v) is 10.5. The molecule has 160 valence electrons. The maximum atomic E-state index is 13.3. The molecule has 0 aliphatic heterocycles. The van der Waals surface area contributed by atoms with Crippen molar-refractivity contribution in [2.75, 3.05) is 5.75 Å². The highest BCUT2D eigenvalue weighted by molar-refractivity contribution is 7.99. The molecule has 0 unspecified atom stereocenters. The minimum atomic E-state index is -0.931. The molecule has 0 bridgehead atoms. The van der Waals surface area contributed by atoms with Gasteiger partial charge in [0.25, 0.3) is 5.56 Å². The van der Waals surface area contributed by atoms with Crippen molar-refractivity contribution in [3.8, 4) is 6.07 Å². The maximum absolute atomic E-state index is 13.3. The van der Waals surface area contributed by atoms with Gasteiger partial charge in [-0.3, -0.25) is 14.2 Å². The Hall–Kier alpha value is -2.11. The van der Waals surface area contributed by atoms with Crippen molar-refractivity contribution >= 4 is 39.2 Å². The molecule has 3 rings (SSSR count). The molecule has 1 N–H and O–H groups in total. The van der Waals surface area contributed by atoms with Crippen molar-refractivity contribution in [1.29, 1.82) is 5.26 Å². The van der Waals surface area contributed by atoms with Crippen LogP contribution in [0.5, 0.6) is 0 Å². The fourth-order valence-electron chi connectivity index (χ4n) is 3.56. The second-order valence-electron chi connectivity index (χ2n) is 8.44. The molecule has 2 heterocycles. The first-order valence-corrected chi connectivity index (χ1v) is 12.0. The van der Waals surface area contributed by atoms with Gasteiger partial charge < -0.3 is 5.32 Å². The van der Waals surface area contributed by atoms with Crippen LogP contribution in [0, 0.1) is 23.2 Å². The molecule has 0 spiro atoms. The van der Waals surface area contributed by atoms with Gasteiger partial charge in [0.15, 0.2) is 5.16 Å². The molecule has 2 aromatic rings. The highest BCUT2D eigenvalue weighted by atomic mass is 32.2. The van der Waals surface area contributed by atoms with Crippen LogP contribution in [-0.2, 0) is 24.2 Å². The lowest BCUT2D eigenvalue weighted by molar-refractivity contribution is -0.120. The number of hydrogen-bond donors (Lipinski definition) is 1. The maximum Gasteiger partial charge on any atom is 0.263 e. The number of allylic oxidation sites excluding steroid dienone is 1. The lowest BCUT2D eigenvalue weighted by Crippen LogP contribution is -2.49. The first-order valence-electron chi connectivity index (χ1n) is 10.2. The van der Waals surface area contributed by atoms with Crippen molar-refractivity contribution < 1.29 is 4.79 Å². The number of rotatable bonds is 7. The molecule has 1 aliphatic carbocycles. The van der Waals surface area contributed by atoms with Crippen LogP contribution < -0.4 is 10.9 Å². The average molecular weight is 445 g/mol. The van der Waals surface area contributed by atoms with Gasteiger partial charge in [-0.1, -0.05) is 38.6 Å². The molecule has 2 aromatic heterocycles. The van der Waals surface area contributed by atoms with Crippen LogP contribution in [0.15, 0.2) is 22.6 Å². The molecule has 1 aliphatic rings. The minimum Gasteiger partial charge on any atom is -0.337 e. The minimum absolute atomic E-state index is 0.0234. The van der Waals surface area contributed by atoms with E-state index in [1.165, 1.54) is 16.6 Å². The Morgan fingerprint density at radius 3 is 2.93 bits per heavy atom. The Morgan fingerprint density at radius 2 is 2.30 bits per heavy atom. The standard InChI is InChI=1S/C22H28N4O2S2/c1-6-9-26-20(28)18-15-8-7-14(4)10-16(15)30-19(18)24-21(26)29-11-17(27)25-22(5,12-23)13(2)3/h6,13-14H,1,7-11H2,2-5H3,(H,25,27)/t14-,22+/m0/s1. The molecule has 30 heavy (non-hydrogen) atoms. The number of nitriles is 1. The Bertz CT molecular complexity index is 1080. The average Bonchev–Trinajstić information content (AvgIpc) is 3.05. The van der Waals surface area contributed by atoms with E-state index in [1.54, 1.807) is 28.9 Å². The van der Waals surface area contributed by atoms with Crippen LogP contribution in [-0.4, -0.2) is 26.8 Å². The van der Waals surface area contributed by atoms with Crippen LogP contribution >= 0.6 is 23.1 Å². The number of aryl methyl sites for hydroxylation is 1. The van der Waals surface area contributed by atoms with Gasteiger partial charge in [-0.25, -0.2) is 4.98 Å². The number of fused-ring (bicyclic) bond motifs is 3. The summed E-state index contributed by atoms with van der Waals surface area (Å²) in [7, 11) is 0. The summed E-state index contributed by atoms with van der Waals surface area (Å²) in [5, 5.41) is 13.5. The van der Waals surface area contributed by atoms with Crippen LogP contribution in [0.4, 0.5) is 0 Å². The van der Waals surface area contributed by atoms with Gasteiger partial charge in [0.2, 0.25) is 5.91 Å². The van der Waals surface area contributed by atoms with Gasteiger partial charge in [0, 0.05) is 11.4 Å². The number of hydrogen-bond acceptors (Lipinski definition) is 6. The Labute approximate surface area is 185 Å². The van der Waals surface area contributed by atoms with E-state index in [0.29, 0.717) is 17.6 Å². The van der Waals surface area contributed by atoms with Gasteiger partial charge in [0.1, 0.15) is 10.4 Å². The molecule has 0 fully saturated rings. The molecule has 0 saturated heterocycles. The molecule has 0 saturated carbocycles.